The Bertz CT molecular complexity index is 294. The molecule has 0 radical (unpaired) electrons. The summed E-state index contributed by atoms with van der Waals surface area (Å²) < 4.78 is 5.81. The normalized spacial score (nSPS) is 17.9. The molecule has 0 heterocycles. The van der Waals surface area contributed by atoms with Crippen molar-refractivity contribution in [2.45, 2.75) is 83.7 Å². The summed E-state index contributed by atoms with van der Waals surface area (Å²) in [6, 6.07) is 2.82. The summed E-state index contributed by atoms with van der Waals surface area (Å²) in [5, 5.41) is 13.0. The van der Waals surface area contributed by atoms with E-state index in [-0.39, 0.29) is 0 Å². The molecule has 1 atom stereocenters. The van der Waals surface area contributed by atoms with E-state index in [4.69, 9.17) is 4.74 Å². The van der Waals surface area contributed by atoms with Crippen LogP contribution in [0.25, 0.3) is 0 Å². The maximum absolute atomic E-state index is 9.54. The Balaban J connectivity index is 2.18. The second kappa shape index (κ2) is 9.37. The van der Waals surface area contributed by atoms with Crippen LogP contribution in [0.3, 0.4) is 0 Å². The second-order valence-electron chi connectivity index (χ2n) is 6.48. The lowest BCUT2D eigenvalue weighted by atomic mass is 9.95. The average molecular weight is 280 g/mol. The van der Waals surface area contributed by atoms with Crippen LogP contribution in [0.4, 0.5) is 0 Å². The Morgan fingerprint density at radius 1 is 1.20 bits per heavy atom. The Labute approximate surface area is 125 Å². The predicted octanol–water partition coefficient (Wildman–Crippen LogP) is 4.03. The maximum Gasteiger partial charge on any atom is 0.133 e. The van der Waals surface area contributed by atoms with E-state index in [9.17, 15) is 5.26 Å². The first-order valence-corrected chi connectivity index (χ1v) is 8.41. The fourth-order valence-corrected chi connectivity index (χ4v) is 2.74. The topological polar surface area (TPSA) is 45.0 Å². The van der Waals surface area contributed by atoms with Crippen LogP contribution in [-0.2, 0) is 4.74 Å². The molecular weight excluding hydrogens is 248 g/mol. The van der Waals surface area contributed by atoms with Crippen LogP contribution >= 0.6 is 0 Å². The third-order valence-electron chi connectivity index (χ3n) is 3.99. The fraction of sp³-hybridized carbons (Fsp3) is 0.941. The summed E-state index contributed by atoms with van der Waals surface area (Å²) >= 11 is 0. The molecule has 1 rings (SSSR count). The zero-order valence-electron chi connectivity index (χ0n) is 13.6. The van der Waals surface area contributed by atoms with Gasteiger partial charge in [-0.3, -0.25) is 5.32 Å². The number of rotatable bonds is 12. The van der Waals surface area contributed by atoms with Gasteiger partial charge in [0.15, 0.2) is 0 Å². The van der Waals surface area contributed by atoms with Gasteiger partial charge in [0, 0.05) is 12.6 Å². The van der Waals surface area contributed by atoms with Crippen molar-refractivity contribution in [1.29, 1.82) is 5.26 Å². The van der Waals surface area contributed by atoms with E-state index in [1.165, 1.54) is 32.1 Å². The van der Waals surface area contributed by atoms with Crippen molar-refractivity contribution in [1.82, 2.24) is 5.32 Å². The largest absolute Gasteiger partial charge is 0.378 e. The van der Waals surface area contributed by atoms with Gasteiger partial charge >= 0.3 is 0 Å². The Hall–Kier alpha value is -0.590. The number of hydrogen-bond acceptors (Lipinski definition) is 3. The number of hydrogen-bond donors (Lipinski definition) is 1. The van der Waals surface area contributed by atoms with Gasteiger partial charge < -0.3 is 4.74 Å². The predicted molar refractivity (Wildman–Crippen MR) is 83.5 cm³/mol. The smallest absolute Gasteiger partial charge is 0.133 e. The van der Waals surface area contributed by atoms with Gasteiger partial charge in [-0.05, 0) is 39.0 Å². The van der Waals surface area contributed by atoms with Crippen LogP contribution in [0.15, 0.2) is 0 Å². The molecule has 1 aliphatic carbocycles. The van der Waals surface area contributed by atoms with Gasteiger partial charge in [0.25, 0.3) is 0 Å². The van der Waals surface area contributed by atoms with Gasteiger partial charge in [0.1, 0.15) is 5.54 Å². The Morgan fingerprint density at radius 2 is 1.85 bits per heavy atom. The Morgan fingerprint density at radius 3 is 2.40 bits per heavy atom. The second-order valence-corrected chi connectivity index (χ2v) is 6.48. The third-order valence-corrected chi connectivity index (χ3v) is 3.99. The van der Waals surface area contributed by atoms with Crippen molar-refractivity contribution in [3.8, 4) is 6.07 Å². The van der Waals surface area contributed by atoms with Crippen molar-refractivity contribution in [2.24, 2.45) is 5.92 Å². The molecule has 0 aromatic rings. The van der Waals surface area contributed by atoms with Crippen molar-refractivity contribution in [2.75, 3.05) is 13.2 Å². The molecule has 3 nitrogen and oxygen atoms in total. The zero-order chi connectivity index (χ0) is 14.8. The van der Waals surface area contributed by atoms with Crippen LogP contribution in [0.1, 0.15) is 72.1 Å². The molecule has 3 heteroatoms. The van der Waals surface area contributed by atoms with Gasteiger partial charge in [0.2, 0.25) is 0 Å². The van der Waals surface area contributed by atoms with Crippen molar-refractivity contribution in [3.05, 3.63) is 0 Å². The lowest BCUT2D eigenvalue weighted by Crippen LogP contribution is -2.53. The van der Waals surface area contributed by atoms with Crippen molar-refractivity contribution < 1.29 is 4.74 Å². The third kappa shape index (κ3) is 6.24. The maximum atomic E-state index is 9.54. The van der Waals surface area contributed by atoms with Crippen LogP contribution in [0.2, 0.25) is 0 Å². The molecule has 0 saturated heterocycles. The molecule has 1 aliphatic rings. The molecule has 0 aromatic carbocycles. The summed E-state index contributed by atoms with van der Waals surface area (Å²) in [5.41, 5.74) is -0.448. The van der Waals surface area contributed by atoms with Gasteiger partial charge in [-0.1, -0.05) is 39.0 Å². The van der Waals surface area contributed by atoms with Crippen LogP contribution in [0, 0.1) is 17.2 Å². The van der Waals surface area contributed by atoms with E-state index in [1.807, 2.05) is 0 Å². The number of nitriles is 1. The monoisotopic (exact) mass is 280 g/mol. The first kappa shape index (κ1) is 17.5. The summed E-state index contributed by atoms with van der Waals surface area (Å²) in [6.07, 6.45) is 9.99. The minimum Gasteiger partial charge on any atom is -0.378 e. The summed E-state index contributed by atoms with van der Waals surface area (Å²) in [5.74, 6) is 0.486. The molecule has 20 heavy (non-hydrogen) atoms. The van der Waals surface area contributed by atoms with Crippen molar-refractivity contribution >= 4 is 0 Å². The highest BCUT2D eigenvalue weighted by atomic mass is 16.5. The van der Waals surface area contributed by atoms with Gasteiger partial charge in [-0.2, -0.15) is 5.26 Å². The van der Waals surface area contributed by atoms with Gasteiger partial charge in [-0.25, -0.2) is 0 Å². The van der Waals surface area contributed by atoms with E-state index in [0.717, 1.165) is 25.9 Å². The lowest BCUT2D eigenvalue weighted by Gasteiger charge is -2.30. The lowest BCUT2D eigenvalue weighted by molar-refractivity contribution is 0.0745. The molecule has 0 bridgehead atoms. The number of ether oxygens (including phenoxy) is 1. The first-order chi connectivity index (χ1) is 9.64. The summed E-state index contributed by atoms with van der Waals surface area (Å²) in [7, 11) is 0. The van der Waals surface area contributed by atoms with Gasteiger partial charge in [-0.15, -0.1) is 0 Å². The molecule has 0 amide bonds. The van der Waals surface area contributed by atoms with E-state index in [0.29, 0.717) is 18.6 Å². The average Bonchev–Trinajstić information content (AvgIpc) is 3.24. The quantitative estimate of drug-likeness (QED) is 0.549. The fourth-order valence-electron chi connectivity index (χ4n) is 2.74. The number of nitrogens with zero attached hydrogens (tertiary/aromatic N) is 1. The zero-order valence-corrected chi connectivity index (χ0v) is 13.6. The molecule has 1 unspecified atom stereocenters. The van der Waals surface area contributed by atoms with E-state index in [2.05, 4.69) is 32.2 Å². The summed E-state index contributed by atoms with van der Waals surface area (Å²) in [6.45, 7) is 7.78. The van der Waals surface area contributed by atoms with Crippen LogP contribution < -0.4 is 5.32 Å². The number of nitrogens with one attached hydrogen (secondary N) is 1. The highest BCUT2D eigenvalue weighted by Crippen LogP contribution is 2.40. The van der Waals surface area contributed by atoms with E-state index in [1.54, 1.807) is 0 Å². The van der Waals surface area contributed by atoms with Crippen molar-refractivity contribution in [3.63, 3.8) is 0 Å². The standard InChI is InChI=1S/C17H32N2O/c1-4-5-6-7-8-9-12-20-14-17(13-18,16-10-11-16)19-15(2)3/h15-16,19H,4-12,14H2,1-3H3. The molecule has 0 aliphatic heterocycles. The molecule has 1 fully saturated rings. The van der Waals surface area contributed by atoms with E-state index >= 15 is 0 Å². The molecule has 1 N–H and O–H groups in total. The Kier molecular flexibility index (Phi) is 8.18. The molecule has 1 saturated carbocycles. The molecule has 0 aromatic heterocycles. The molecule has 0 spiro atoms. The van der Waals surface area contributed by atoms with Crippen LogP contribution in [-0.4, -0.2) is 24.8 Å². The number of unbranched alkanes of at least 4 members (excludes halogenated alkanes) is 5. The van der Waals surface area contributed by atoms with Gasteiger partial charge in [0.05, 0.1) is 12.7 Å². The first-order valence-electron chi connectivity index (χ1n) is 8.41. The molecule has 116 valence electrons. The van der Waals surface area contributed by atoms with E-state index < -0.39 is 5.54 Å². The minimum atomic E-state index is -0.448. The molecular formula is C17H32N2O. The minimum absolute atomic E-state index is 0.327. The highest BCUT2D eigenvalue weighted by molar-refractivity contribution is 5.15. The highest BCUT2D eigenvalue weighted by Gasteiger charge is 2.46. The SMILES string of the molecule is CCCCCCCCOCC(C#N)(NC(C)C)C1CC1. The van der Waals surface area contributed by atoms with Crippen LogP contribution in [0.5, 0.6) is 0 Å². The summed E-state index contributed by atoms with van der Waals surface area (Å²) in [4.78, 5) is 0.